The molecule has 3 atom stereocenters. The van der Waals surface area contributed by atoms with Crippen molar-refractivity contribution in [1.82, 2.24) is 5.32 Å². The first-order chi connectivity index (χ1) is 15.2. The van der Waals surface area contributed by atoms with Gasteiger partial charge in [-0.2, -0.15) is 13.2 Å². The second-order valence-corrected chi connectivity index (χ2v) is 8.21. The molecule has 2 aromatic carbocycles. The van der Waals surface area contributed by atoms with E-state index in [0.717, 1.165) is 25.7 Å². The summed E-state index contributed by atoms with van der Waals surface area (Å²) in [6.07, 6.45) is 0.197. The minimum atomic E-state index is -5.00. The van der Waals surface area contributed by atoms with Crippen LogP contribution in [0.3, 0.4) is 0 Å². The minimum absolute atomic E-state index is 0.536. The van der Waals surface area contributed by atoms with Gasteiger partial charge in [0.15, 0.2) is 0 Å². The van der Waals surface area contributed by atoms with Gasteiger partial charge in [0.1, 0.15) is 6.10 Å². The highest BCUT2D eigenvalue weighted by Crippen LogP contribution is 2.39. The highest BCUT2D eigenvalue weighted by Gasteiger charge is 2.42. The Balaban J connectivity index is 2.50. The number of benzene rings is 2. The van der Waals surface area contributed by atoms with Crippen molar-refractivity contribution >= 4 is 5.91 Å². The molecule has 0 aromatic heterocycles. The summed E-state index contributed by atoms with van der Waals surface area (Å²) in [4.78, 5) is 12.0. The van der Waals surface area contributed by atoms with Crippen molar-refractivity contribution < 1.29 is 22.7 Å². The molecule has 174 valence electrons. The van der Waals surface area contributed by atoms with Gasteiger partial charge in [-0.3, -0.25) is 4.79 Å². The van der Waals surface area contributed by atoms with Crippen LogP contribution in [0.4, 0.5) is 13.2 Å². The molecular weight excluding hydrogens is 415 g/mol. The van der Waals surface area contributed by atoms with Crippen LogP contribution in [0.1, 0.15) is 69.2 Å². The maximum Gasteiger partial charge on any atom is 0.471 e. The van der Waals surface area contributed by atoms with Crippen LogP contribution in [0, 0.1) is 0 Å². The molecule has 32 heavy (non-hydrogen) atoms. The summed E-state index contributed by atoms with van der Waals surface area (Å²) < 4.78 is 46.2. The van der Waals surface area contributed by atoms with E-state index in [0.29, 0.717) is 17.5 Å². The van der Waals surface area contributed by atoms with Crippen LogP contribution in [0.25, 0.3) is 0 Å². The Morgan fingerprint density at radius 1 is 1.03 bits per heavy atom. The number of nitrogens with one attached hydrogen (secondary N) is 1. The van der Waals surface area contributed by atoms with E-state index in [9.17, 15) is 18.0 Å². The third-order valence-corrected chi connectivity index (χ3v) is 5.43. The second-order valence-electron chi connectivity index (χ2n) is 8.21. The molecule has 0 radical (unpaired) electrons. The first kappa shape index (κ1) is 25.7. The van der Waals surface area contributed by atoms with E-state index >= 15 is 0 Å². The lowest BCUT2D eigenvalue weighted by Crippen LogP contribution is -2.43. The molecule has 1 N–H and O–H groups in total. The first-order valence-electron chi connectivity index (χ1n) is 11.0. The summed E-state index contributed by atoms with van der Waals surface area (Å²) >= 11 is 0. The number of rotatable bonds is 12. The quantitative estimate of drug-likeness (QED) is 0.279. The van der Waals surface area contributed by atoms with Crippen LogP contribution < -0.4 is 5.32 Å². The number of amides is 1. The van der Waals surface area contributed by atoms with Crippen molar-refractivity contribution in [3.05, 3.63) is 84.4 Å². The lowest BCUT2D eigenvalue weighted by molar-refractivity contribution is -0.177. The summed E-state index contributed by atoms with van der Waals surface area (Å²) in [6, 6.07) is 16.7. The van der Waals surface area contributed by atoms with E-state index in [2.05, 4.69) is 18.8 Å². The Morgan fingerprint density at radius 2 is 1.59 bits per heavy atom. The van der Waals surface area contributed by atoms with Crippen molar-refractivity contribution in [2.24, 2.45) is 0 Å². The summed E-state index contributed by atoms with van der Waals surface area (Å²) in [7, 11) is 0. The zero-order valence-corrected chi connectivity index (χ0v) is 18.7. The van der Waals surface area contributed by atoms with Gasteiger partial charge >= 0.3 is 12.1 Å². The molecule has 3 nitrogen and oxygen atoms in total. The highest BCUT2D eigenvalue weighted by atomic mass is 19.4. The van der Waals surface area contributed by atoms with Crippen LogP contribution in [0.5, 0.6) is 0 Å². The molecule has 0 saturated heterocycles. The molecule has 0 aliphatic rings. The molecule has 0 saturated carbocycles. The Kier molecular flexibility index (Phi) is 9.51. The van der Waals surface area contributed by atoms with Gasteiger partial charge < -0.3 is 10.1 Å². The zero-order chi connectivity index (χ0) is 23.6. The third-order valence-electron chi connectivity index (χ3n) is 5.43. The van der Waals surface area contributed by atoms with Crippen LogP contribution in [-0.4, -0.2) is 17.7 Å². The van der Waals surface area contributed by atoms with Crippen LogP contribution in [0.15, 0.2) is 73.3 Å². The molecule has 0 spiro atoms. The predicted octanol–water partition coefficient (Wildman–Crippen LogP) is 7.08. The number of hydrogen-bond donors (Lipinski definition) is 1. The molecule has 0 aliphatic heterocycles. The molecule has 0 fully saturated rings. The fourth-order valence-electron chi connectivity index (χ4n) is 3.76. The lowest BCUT2D eigenvalue weighted by Gasteiger charge is -2.38. The van der Waals surface area contributed by atoms with Crippen molar-refractivity contribution in [3.8, 4) is 0 Å². The van der Waals surface area contributed by atoms with Gasteiger partial charge in [0.2, 0.25) is 0 Å². The van der Waals surface area contributed by atoms with E-state index in [-0.39, 0.29) is 0 Å². The predicted molar refractivity (Wildman–Crippen MR) is 121 cm³/mol. The normalized spacial score (nSPS) is 15.4. The highest BCUT2D eigenvalue weighted by molar-refractivity contribution is 5.82. The molecule has 0 heterocycles. The molecule has 0 bridgehead atoms. The smallest absolute Gasteiger partial charge is 0.365 e. The molecular formula is C26H32F3NO2. The lowest BCUT2D eigenvalue weighted by atomic mass is 9.91. The maximum absolute atomic E-state index is 13.2. The van der Waals surface area contributed by atoms with E-state index in [4.69, 9.17) is 4.74 Å². The number of alkyl halides is 3. The Bertz CT molecular complexity index is 839. The number of ether oxygens (including phenoxy) is 1. The van der Waals surface area contributed by atoms with Gasteiger partial charge in [-0.05, 0) is 30.9 Å². The second kappa shape index (κ2) is 11.9. The SMILES string of the molecule is C=CC[C@@](C)(CCCCC)O[C@@H](c1ccccc1)[C@H](NC(=O)C(F)(F)F)c1ccccc1. The summed E-state index contributed by atoms with van der Waals surface area (Å²) in [6.45, 7) is 7.90. The van der Waals surface area contributed by atoms with E-state index < -0.39 is 29.8 Å². The fourth-order valence-corrected chi connectivity index (χ4v) is 3.76. The molecule has 6 heteroatoms. The standard InChI is InChI=1S/C26H32F3NO2/c1-4-6-13-19-25(3,18-5-2)32-23(21-16-11-8-12-17-21)22(20-14-9-7-10-15-20)30-24(31)26(27,28)29/h5,7-12,14-17,22-23H,2,4,6,13,18-19H2,1,3H3,(H,30,31)/t22-,23+,25+/m1/s1. The number of carbonyl (C=O) groups is 1. The maximum atomic E-state index is 13.2. The summed E-state index contributed by atoms with van der Waals surface area (Å²) in [5, 5.41) is 2.19. The minimum Gasteiger partial charge on any atom is -0.365 e. The Labute approximate surface area is 188 Å². The van der Waals surface area contributed by atoms with Crippen LogP contribution in [0.2, 0.25) is 0 Å². The summed E-state index contributed by atoms with van der Waals surface area (Å²) in [5.74, 6) is -1.99. The Hall–Kier alpha value is -2.60. The van der Waals surface area contributed by atoms with Crippen molar-refractivity contribution in [3.63, 3.8) is 0 Å². The van der Waals surface area contributed by atoms with E-state index in [1.54, 1.807) is 60.7 Å². The van der Waals surface area contributed by atoms with Crippen LogP contribution >= 0.6 is 0 Å². The average Bonchev–Trinajstić information content (AvgIpc) is 2.77. The fraction of sp³-hybridized carbons (Fsp3) is 0.423. The van der Waals surface area contributed by atoms with Gasteiger partial charge in [0.05, 0.1) is 11.6 Å². The molecule has 2 aromatic rings. The molecule has 1 amide bonds. The van der Waals surface area contributed by atoms with Gasteiger partial charge in [0, 0.05) is 0 Å². The largest absolute Gasteiger partial charge is 0.471 e. The van der Waals surface area contributed by atoms with E-state index in [1.807, 2.05) is 13.0 Å². The molecule has 0 unspecified atom stereocenters. The number of halogens is 3. The molecule has 2 rings (SSSR count). The summed E-state index contributed by atoms with van der Waals surface area (Å²) in [5.41, 5.74) is 0.580. The average molecular weight is 448 g/mol. The van der Waals surface area contributed by atoms with Crippen molar-refractivity contribution in [2.75, 3.05) is 0 Å². The van der Waals surface area contributed by atoms with Gasteiger partial charge in [0.25, 0.3) is 0 Å². The monoisotopic (exact) mass is 447 g/mol. The molecule has 0 aliphatic carbocycles. The zero-order valence-electron chi connectivity index (χ0n) is 18.7. The number of unbranched alkanes of at least 4 members (excludes halogenated alkanes) is 2. The van der Waals surface area contributed by atoms with Crippen molar-refractivity contribution in [2.45, 2.75) is 69.9 Å². The third kappa shape index (κ3) is 7.52. The van der Waals surface area contributed by atoms with Crippen molar-refractivity contribution in [1.29, 1.82) is 0 Å². The Morgan fingerprint density at radius 3 is 2.09 bits per heavy atom. The number of carbonyl (C=O) groups excluding carboxylic acids is 1. The van der Waals surface area contributed by atoms with Gasteiger partial charge in [-0.1, -0.05) is 92.9 Å². The topological polar surface area (TPSA) is 38.3 Å². The first-order valence-corrected chi connectivity index (χ1v) is 11.0. The van der Waals surface area contributed by atoms with Gasteiger partial charge in [-0.15, -0.1) is 6.58 Å². The van der Waals surface area contributed by atoms with E-state index in [1.165, 1.54) is 0 Å². The number of hydrogen-bond acceptors (Lipinski definition) is 2. The van der Waals surface area contributed by atoms with Gasteiger partial charge in [-0.25, -0.2) is 0 Å². The van der Waals surface area contributed by atoms with Crippen LogP contribution in [-0.2, 0) is 9.53 Å².